The highest BCUT2D eigenvalue weighted by Gasteiger charge is 2.14. The zero-order valence-corrected chi connectivity index (χ0v) is 10.1. The Bertz CT molecular complexity index is 257. The van der Waals surface area contributed by atoms with Gasteiger partial charge in [0.25, 0.3) is 0 Å². The molecule has 0 heterocycles. The number of nitrogens with one attached hydrogen (secondary N) is 1. The van der Waals surface area contributed by atoms with Gasteiger partial charge in [0, 0.05) is 26.6 Å². The summed E-state index contributed by atoms with van der Waals surface area (Å²) in [4.78, 5) is 23.1. The highest BCUT2D eigenvalue weighted by Crippen LogP contribution is 1.94. The molecular formula is C10H20N2O5. The molecule has 0 bridgehead atoms. The van der Waals surface area contributed by atoms with Crippen molar-refractivity contribution < 1.29 is 24.9 Å². The van der Waals surface area contributed by atoms with Crippen LogP contribution in [0.3, 0.4) is 0 Å². The Kier molecular flexibility index (Phi) is 7.24. The number of carboxylic acids is 1. The van der Waals surface area contributed by atoms with Crippen molar-refractivity contribution in [2.45, 2.75) is 32.0 Å². The van der Waals surface area contributed by atoms with Gasteiger partial charge in [-0.15, -0.1) is 0 Å². The predicted molar refractivity (Wildman–Crippen MR) is 60.6 cm³/mol. The second kappa shape index (κ2) is 7.86. The Morgan fingerprint density at radius 3 is 2.35 bits per heavy atom. The second-order valence-corrected chi connectivity index (χ2v) is 3.93. The van der Waals surface area contributed by atoms with E-state index in [1.165, 1.54) is 4.90 Å². The summed E-state index contributed by atoms with van der Waals surface area (Å²) in [6.07, 6.45) is -1.50. The van der Waals surface area contributed by atoms with Crippen molar-refractivity contribution in [2.24, 2.45) is 0 Å². The van der Waals surface area contributed by atoms with Crippen LogP contribution in [0.5, 0.6) is 0 Å². The van der Waals surface area contributed by atoms with E-state index < -0.39 is 18.2 Å². The number of nitrogens with zero attached hydrogens (tertiary/aromatic N) is 1. The summed E-state index contributed by atoms with van der Waals surface area (Å²) >= 11 is 0. The second-order valence-electron chi connectivity index (χ2n) is 3.93. The van der Waals surface area contributed by atoms with Crippen LogP contribution in [0.25, 0.3) is 0 Å². The number of rotatable bonds is 7. The molecule has 0 aliphatic carbocycles. The van der Waals surface area contributed by atoms with Gasteiger partial charge in [-0.2, -0.15) is 0 Å². The Morgan fingerprint density at radius 2 is 1.88 bits per heavy atom. The molecule has 0 fully saturated rings. The van der Waals surface area contributed by atoms with Gasteiger partial charge in [0.2, 0.25) is 0 Å². The molecule has 1 unspecified atom stereocenters. The smallest absolute Gasteiger partial charge is 0.332 e. The van der Waals surface area contributed by atoms with E-state index in [9.17, 15) is 9.59 Å². The monoisotopic (exact) mass is 248 g/mol. The first-order chi connectivity index (χ1) is 7.84. The SMILES string of the molecule is CC(O)CCN(C)C(=O)NCC[C@H](O)C(=O)O. The molecule has 0 spiro atoms. The Balaban J connectivity index is 3.74. The minimum absolute atomic E-state index is 0.0364. The zero-order valence-electron chi connectivity index (χ0n) is 10.1. The molecule has 7 heteroatoms. The number of carbonyl (C=O) groups is 2. The van der Waals surface area contributed by atoms with E-state index in [1.54, 1.807) is 14.0 Å². The van der Waals surface area contributed by atoms with Gasteiger partial charge in [-0.05, 0) is 13.3 Å². The van der Waals surface area contributed by atoms with Gasteiger partial charge in [0.05, 0.1) is 6.10 Å². The summed E-state index contributed by atoms with van der Waals surface area (Å²) in [7, 11) is 1.57. The third kappa shape index (κ3) is 7.53. The molecule has 2 atom stereocenters. The quantitative estimate of drug-likeness (QED) is 0.473. The van der Waals surface area contributed by atoms with Gasteiger partial charge < -0.3 is 25.5 Å². The lowest BCUT2D eigenvalue weighted by Gasteiger charge is -2.18. The molecule has 7 nitrogen and oxygen atoms in total. The van der Waals surface area contributed by atoms with Crippen LogP contribution in [-0.2, 0) is 4.79 Å². The average molecular weight is 248 g/mol. The van der Waals surface area contributed by atoms with E-state index in [4.69, 9.17) is 15.3 Å². The van der Waals surface area contributed by atoms with Gasteiger partial charge in [-0.3, -0.25) is 0 Å². The summed E-state index contributed by atoms with van der Waals surface area (Å²) in [6, 6.07) is -0.358. The van der Waals surface area contributed by atoms with Gasteiger partial charge in [-0.25, -0.2) is 9.59 Å². The Labute approximate surface area is 100 Å². The molecule has 0 saturated heterocycles. The highest BCUT2D eigenvalue weighted by atomic mass is 16.4. The largest absolute Gasteiger partial charge is 0.479 e. The summed E-state index contributed by atoms with van der Waals surface area (Å²) < 4.78 is 0. The van der Waals surface area contributed by atoms with Crippen molar-refractivity contribution in [1.82, 2.24) is 10.2 Å². The molecule has 4 N–H and O–H groups in total. The van der Waals surface area contributed by atoms with Gasteiger partial charge >= 0.3 is 12.0 Å². The summed E-state index contributed by atoms with van der Waals surface area (Å²) in [5.74, 6) is -1.30. The van der Waals surface area contributed by atoms with E-state index in [1.807, 2.05) is 0 Å². The first kappa shape index (κ1) is 15.7. The van der Waals surface area contributed by atoms with Crippen LogP contribution in [0, 0.1) is 0 Å². The molecule has 0 aliphatic rings. The van der Waals surface area contributed by atoms with Crippen molar-refractivity contribution in [2.75, 3.05) is 20.1 Å². The van der Waals surface area contributed by atoms with Crippen LogP contribution >= 0.6 is 0 Å². The maximum atomic E-state index is 11.4. The highest BCUT2D eigenvalue weighted by molar-refractivity contribution is 5.74. The van der Waals surface area contributed by atoms with Gasteiger partial charge in [-0.1, -0.05) is 0 Å². The lowest BCUT2D eigenvalue weighted by molar-refractivity contribution is -0.146. The van der Waals surface area contributed by atoms with Crippen LogP contribution in [0.2, 0.25) is 0 Å². The molecular weight excluding hydrogens is 228 g/mol. The predicted octanol–water partition coefficient (Wildman–Crippen LogP) is -0.766. The fraction of sp³-hybridized carbons (Fsp3) is 0.800. The third-order valence-corrected chi connectivity index (χ3v) is 2.21. The number of amides is 2. The van der Waals surface area contributed by atoms with Crippen LogP contribution in [0.4, 0.5) is 4.79 Å². The zero-order chi connectivity index (χ0) is 13.4. The number of hydrogen-bond donors (Lipinski definition) is 4. The molecule has 0 aromatic carbocycles. The lowest BCUT2D eigenvalue weighted by Crippen LogP contribution is -2.40. The minimum Gasteiger partial charge on any atom is -0.479 e. The van der Waals surface area contributed by atoms with Crippen molar-refractivity contribution in [3.8, 4) is 0 Å². The number of carbonyl (C=O) groups excluding carboxylic acids is 1. The Morgan fingerprint density at radius 1 is 1.29 bits per heavy atom. The van der Waals surface area contributed by atoms with Crippen molar-refractivity contribution in [3.05, 3.63) is 0 Å². The maximum Gasteiger partial charge on any atom is 0.332 e. The van der Waals surface area contributed by atoms with E-state index in [0.29, 0.717) is 13.0 Å². The fourth-order valence-corrected chi connectivity index (χ4v) is 1.06. The number of aliphatic hydroxyl groups excluding tert-OH is 2. The summed E-state index contributed by atoms with van der Waals surface area (Å²) in [5, 5.41) is 28.9. The molecule has 0 aromatic heterocycles. The van der Waals surface area contributed by atoms with E-state index >= 15 is 0 Å². The van der Waals surface area contributed by atoms with E-state index in [0.717, 1.165) is 0 Å². The summed E-state index contributed by atoms with van der Waals surface area (Å²) in [6.45, 7) is 2.13. The lowest BCUT2D eigenvalue weighted by atomic mass is 10.2. The maximum absolute atomic E-state index is 11.4. The topological polar surface area (TPSA) is 110 Å². The van der Waals surface area contributed by atoms with Crippen LogP contribution in [0.1, 0.15) is 19.8 Å². The number of aliphatic hydroxyl groups is 2. The first-order valence-electron chi connectivity index (χ1n) is 5.42. The molecule has 100 valence electrons. The number of urea groups is 1. The fourth-order valence-electron chi connectivity index (χ4n) is 1.06. The first-order valence-corrected chi connectivity index (χ1v) is 5.42. The third-order valence-electron chi connectivity index (χ3n) is 2.21. The van der Waals surface area contributed by atoms with Crippen LogP contribution < -0.4 is 5.32 Å². The van der Waals surface area contributed by atoms with Crippen LogP contribution in [-0.4, -0.2) is 64.6 Å². The number of carboxylic acid groups (broad SMARTS) is 1. The van der Waals surface area contributed by atoms with Crippen molar-refractivity contribution >= 4 is 12.0 Å². The number of aliphatic carboxylic acids is 1. The Hall–Kier alpha value is -1.34. The summed E-state index contributed by atoms with van der Waals surface area (Å²) in [5.41, 5.74) is 0. The standard InChI is InChI=1S/C10H20N2O5/c1-7(13)4-6-12(2)10(17)11-5-3-8(14)9(15)16/h7-8,13-14H,3-6H2,1-2H3,(H,11,17)(H,15,16)/t7?,8-/m0/s1. The molecule has 0 aliphatic heterocycles. The van der Waals surface area contributed by atoms with Gasteiger partial charge in [0.1, 0.15) is 0 Å². The van der Waals surface area contributed by atoms with Crippen molar-refractivity contribution in [1.29, 1.82) is 0 Å². The normalized spacial score (nSPS) is 13.9. The van der Waals surface area contributed by atoms with Crippen LogP contribution in [0.15, 0.2) is 0 Å². The molecule has 0 saturated carbocycles. The number of hydrogen-bond acceptors (Lipinski definition) is 4. The molecule has 0 aromatic rings. The molecule has 2 amide bonds. The van der Waals surface area contributed by atoms with Gasteiger partial charge in [0.15, 0.2) is 6.10 Å². The van der Waals surface area contributed by atoms with E-state index in [2.05, 4.69) is 5.32 Å². The molecule has 17 heavy (non-hydrogen) atoms. The average Bonchev–Trinajstić information content (AvgIpc) is 2.25. The minimum atomic E-state index is -1.46. The molecule has 0 rings (SSSR count). The van der Waals surface area contributed by atoms with E-state index in [-0.39, 0.29) is 19.0 Å². The molecule has 0 radical (unpaired) electrons. The van der Waals surface area contributed by atoms with Crippen molar-refractivity contribution in [3.63, 3.8) is 0 Å².